The molecular weight excluding hydrogens is 212 g/mol. The minimum Gasteiger partial charge on any atom is -0.365 e. The summed E-state index contributed by atoms with van der Waals surface area (Å²) < 4.78 is 27.1. The van der Waals surface area contributed by atoms with Gasteiger partial charge < -0.3 is 5.32 Å². The predicted octanol–water partition coefficient (Wildman–Crippen LogP) is 1.57. The van der Waals surface area contributed by atoms with Gasteiger partial charge in [0.15, 0.2) is 0 Å². The van der Waals surface area contributed by atoms with Crippen LogP contribution in [0.15, 0.2) is 17.1 Å². The molecule has 2 rings (SSSR count). The van der Waals surface area contributed by atoms with Crippen molar-refractivity contribution in [3.05, 3.63) is 34.9 Å². The molecule has 1 N–H and O–H groups in total. The van der Waals surface area contributed by atoms with Gasteiger partial charge in [0.1, 0.15) is 17.5 Å². The Bertz CT molecular complexity index is 479. The third kappa shape index (κ3) is 1.74. The Morgan fingerprint density at radius 3 is 2.50 bits per heavy atom. The first-order valence-electron chi connectivity index (χ1n) is 4.82. The SMILES string of the molecule is CC1CN=C(c2c(F)cc(C#N)cc2F)N1. The van der Waals surface area contributed by atoms with Gasteiger partial charge in [-0.3, -0.25) is 4.99 Å². The molecule has 1 aliphatic rings. The Hall–Kier alpha value is -1.96. The highest BCUT2D eigenvalue weighted by Crippen LogP contribution is 2.17. The van der Waals surface area contributed by atoms with Gasteiger partial charge in [0.25, 0.3) is 0 Å². The van der Waals surface area contributed by atoms with Crippen LogP contribution in [-0.4, -0.2) is 18.4 Å². The van der Waals surface area contributed by atoms with Gasteiger partial charge in [-0.1, -0.05) is 0 Å². The van der Waals surface area contributed by atoms with Gasteiger partial charge in [-0.05, 0) is 19.1 Å². The summed E-state index contributed by atoms with van der Waals surface area (Å²) >= 11 is 0. The van der Waals surface area contributed by atoms with Crippen molar-refractivity contribution in [1.82, 2.24) is 5.32 Å². The fraction of sp³-hybridized carbons (Fsp3) is 0.273. The monoisotopic (exact) mass is 221 g/mol. The van der Waals surface area contributed by atoms with Crippen LogP contribution in [0.2, 0.25) is 0 Å². The van der Waals surface area contributed by atoms with Crippen molar-refractivity contribution in [2.75, 3.05) is 6.54 Å². The molecule has 1 unspecified atom stereocenters. The van der Waals surface area contributed by atoms with Crippen molar-refractivity contribution in [3.8, 4) is 6.07 Å². The van der Waals surface area contributed by atoms with Crippen molar-refractivity contribution < 1.29 is 8.78 Å². The topological polar surface area (TPSA) is 48.2 Å². The van der Waals surface area contributed by atoms with Crippen LogP contribution in [0.5, 0.6) is 0 Å². The van der Waals surface area contributed by atoms with E-state index in [1.807, 2.05) is 6.92 Å². The second-order valence-corrected chi connectivity index (χ2v) is 3.66. The highest BCUT2D eigenvalue weighted by atomic mass is 19.1. The zero-order chi connectivity index (χ0) is 11.7. The van der Waals surface area contributed by atoms with E-state index in [4.69, 9.17) is 5.26 Å². The van der Waals surface area contributed by atoms with Crippen LogP contribution < -0.4 is 5.32 Å². The average Bonchev–Trinajstić information content (AvgIpc) is 2.63. The summed E-state index contributed by atoms with van der Waals surface area (Å²) in [4.78, 5) is 4.01. The van der Waals surface area contributed by atoms with Crippen molar-refractivity contribution in [2.24, 2.45) is 4.99 Å². The van der Waals surface area contributed by atoms with Gasteiger partial charge >= 0.3 is 0 Å². The lowest BCUT2D eigenvalue weighted by Crippen LogP contribution is -2.29. The molecule has 3 nitrogen and oxygen atoms in total. The van der Waals surface area contributed by atoms with E-state index in [0.29, 0.717) is 6.54 Å². The van der Waals surface area contributed by atoms with Crippen LogP contribution >= 0.6 is 0 Å². The van der Waals surface area contributed by atoms with Crippen LogP contribution in [0.3, 0.4) is 0 Å². The standard InChI is InChI=1S/C11H9F2N3/c1-6-5-15-11(16-6)10-8(12)2-7(4-14)3-9(10)13/h2-3,6H,5H2,1H3,(H,15,16). The number of rotatable bonds is 1. The van der Waals surface area contributed by atoms with E-state index in [1.54, 1.807) is 6.07 Å². The largest absolute Gasteiger partial charge is 0.365 e. The second-order valence-electron chi connectivity index (χ2n) is 3.66. The molecule has 1 atom stereocenters. The molecular formula is C11H9F2N3. The van der Waals surface area contributed by atoms with Crippen LogP contribution in [0.25, 0.3) is 0 Å². The van der Waals surface area contributed by atoms with Crippen molar-refractivity contribution >= 4 is 5.84 Å². The Morgan fingerprint density at radius 1 is 1.44 bits per heavy atom. The molecule has 0 aromatic heterocycles. The molecule has 82 valence electrons. The van der Waals surface area contributed by atoms with Crippen molar-refractivity contribution in [2.45, 2.75) is 13.0 Å². The lowest BCUT2D eigenvalue weighted by atomic mass is 10.1. The maximum absolute atomic E-state index is 13.6. The molecule has 0 fully saturated rings. The third-order valence-corrected chi connectivity index (χ3v) is 2.31. The smallest absolute Gasteiger partial charge is 0.138 e. The molecule has 0 aliphatic carbocycles. The Kier molecular flexibility index (Phi) is 2.57. The van der Waals surface area contributed by atoms with E-state index in [2.05, 4.69) is 10.3 Å². The molecule has 1 aliphatic heterocycles. The highest BCUT2D eigenvalue weighted by molar-refractivity contribution is 6.00. The first-order chi connectivity index (χ1) is 7.61. The van der Waals surface area contributed by atoms with E-state index < -0.39 is 11.6 Å². The molecule has 0 saturated heterocycles. The quantitative estimate of drug-likeness (QED) is 0.782. The number of halogens is 2. The van der Waals surface area contributed by atoms with E-state index in [-0.39, 0.29) is 23.0 Å². The molecule has 1 aromatic carbocycles. The zero-order valence-corrected chi connectivity index (χ0v) is 8.59. The fourth-order valence-corrected chi connectivity index (χ4v) is 1.57. The normalized spacial score (nSPS) is 18.9. The van der Waals surface area contributed by atoms with Gasteiger partial charge in [0.2, 0.25) is 0 Å². The maximum Gasteiger partial charge on any atom is 0.138 e. The lowest BCUT2D eigenvalue weighted by Gasteiger charge is -2.08. The Labute approximate surface area is 91.4 Å². The number of hydrogen-bond acceptors (Lipinski definition) is 3. The number of amidine groups is 1. The van der Waals surface area contributed by atoms with Gasteiger partial charge in [0.05, 0.1) is 23.7 Å². The van der Waals surface area contributed by atoms with Gasteiger partial charge in [-0.15, -0.1) is 0 Å². The third-order valence-electron chi connectivity index (χ3n) is 2.31. The van der Waals surface area contributed by atoms with Crippen molar-refractivity contribution in [1.29, 1.82) is 5.26 Å². The lowest BCUT2D eigenvalue weighted by molar-refractivity contribution is 0.576. The summed E-state index contributed by atoms with van der Waals surface area (Å²) in [6.45, 7) is 2.37. The first kappa shape index (κ1) is 10.6. The van der Waals surface area contributed by atoms with Gasteiger partial charge in [0, 0.05) is 6.04 Å². The number of nitrogens with one attached hydrogen (secondary N) is 1. The van der Waals surface area contributed by atoms with Crippen LogP contribution in [0.1, 0.15) is 18.1 Å². The molecule has 0 saturated carbocycles. The number of hydrogen-bond donors (Lipinski definition) is 1. The van der Waals surface area contributed by atoms with Gasteiger partial charge in [-0.2, -0.15) is 5.26 Å². The summed E-state index contributed by atoms with van der Waals surface area (Å²) in [5.74, 6) is -1.32. The van der Waals surface area contributed by atoms with Crippen LogP contribution in [-0.2, 0) is 0 Å². The number of benzene rings is 1. The van der Waals surface area contributed by atoms with E-state index >= 15 is 0 Å². The summed E-state index contributed by atoms with van der Waals surface area (Å²) in [6.07, 6.45) is 0. The fourth-order valence-electron chi connectivity index (χ4n) is 1.57. The number of nitriles is 1. The molecule has 1 aromatic rings. The molecule has 0 spiro atoms. The maximum atomic E-state index is 13.6. The summed E-state index contributed by atoms with van der Waals surface area (Å²) in [6, 6.07) is 3.78. The van der Waals surface area contributed by atoms with E-state index in [1.165, 1.54) is 0 Å². The van der Waals surface area contributed by atoms with Crippen LogP contribution in [0.4, 0.5) is 8.78 Å². The number of aliphatic imine (C=N–C) groups is 1. The summed E-state index contributed by atoms with van der Waals surface area (Å²) in [5, 5.41) is 11.4. The number of nitrogens with zero attached hydrogens (tertiary/aromatic N) is 2. The molecule has 1 heterocycles. The predicted molar refractivity (Wildman–Crippen MR) is 55.1 cm³/mol. The summed E-state index contributed by atoms with van der Waals surface area (Å²) in [7, 11) is 0. The minimum atomic E-state index is -0.767. The van der Waals surface area contributed by atoms with E-state index in [9.17, 15) is 8.78 Å². The zero-order valence-electron chi connectivity index (χ0n) is 8.59. The molecule has 0 bridgehead atoms. The minimum absolute atomic E-state index is 0.0367. The Morgan fingerprint density at radius 2 is 2.06 bits per heavy atom. The summed E-state index contributed by atoms with van der Waals surface area (Å²) in [5.41, 5.74) is -0.228. The molecule has 5 heteroatoms. The van der Waals surface area contributed by atoms with Crippen molar-refractivity contribution in [3.63, 3.8) is 0 Å². The highest BCUT2D eigenvalue weighted by Gasteiger charge is 2.21. The Balaban J connectivity index is 2.47. The second kappa shape index (κ2) is 3.89. The van der Waals surface area contributed by atoms with E-state index in [0.717, 1.165) is 12.1 Å². The van der Waals surface area contributed by atoms with Gasteiger partial charge in [-0.25, -0.2) is 8.78 Å². The molecule has 0 radical (unpaired) electrons. The van der Waals surface area contributed by atoms with Crippen LogP contribution in [0, 0.1) is 23.0 Å². The molecule has 0 amide bonds. The average molecular weight is 221 g/mol. The molecule has 16 heavy (non-hydrogen) atoms. The first-order valence-corrected chi connectivity index (χ1v) is 4.82.